The molecule has 1 aromatic carbocycles. The third-order valence-electron chi connectivity index (χ3n) is 2.43. The quantitative estimate of drug-likeness (QED) is 0.546. The Labute approximate surface area is 90.3 Å². The third kappa shape index (κ3) is 3.66. The van der Waals surface area contributed by atoms with E-state index >= 15 is 0 Å². The van der Waals surface area contributed by atoms with Crippen LogP contribution >= 0.6 is 0 Å². The minimum Gasteiger partial charge on any atom is -0.303 e. The van der Waals surface area contributed by atoms with Crippen LogP contribution in [0.3, 0.4) is 0 Å². The lowest BCUT2D eigenvalue weighted by atomic mass is 10.0. The summed E-state index contributed by atoms with van der Waals surface area (Å²) in [5.74, 6) is 0.0862. The number of rotatable bonds is 5. The van der Waals surface area contributed by atoms with Gasteiger partial charge in [-0.25, -0.2) is 0 Å². The van der Waals surface area contributed by atoms with Gasteiger partial charge in [0, 0.05) is 17.9 Å². The third-order valence-corrected chi connectivity index (χ3v) is 2.43. The first-order valence-electron chi connectivity index (χ1n) is 5.18. The van der Waals surface area contributed by atoms with E-state index < -0.39 is 0 Å². The lowest BCUT2D eigenvalue weighted by molar-refractivity contribution is -0.110. The summed E-state index contributed by atoms with van der Waals surface area (Å²) in [4.78, 5) is 22.0. The van der Waals surface area contributed by atoms with E-state index in [1.54, 1.807) is 0 Å². The Morgan fingerprint density at radius 2 is 1.93 bits per heavy atom. The van der Waals surface area contributed by atoms with Gasteiger partial charge in [-0.05, 0) is 13.3 Å². The van der Waals surface area contributed by atoms with E-state index in [0.717, 1.165) is 17.4 Å². The minimum absolute atomic E-state index is 0.0283. The number of aldehydes is 1. The second-order valence-electron chi connectivity index (χ2n) is 3.94. The van der Waals surface area contributed by atoms with Crippen LogP contribution in [0.25, 0.3) is 0 Å². The lowest BCUT2D eigenvalue weighted by Gasteiger charge is -2.03. The van der Waals surface area contributed by atoms with E-state index in [9.17, 15) is 9.59 Å². The summed E-state index contributed by atoms with van der Waals surface area (Å²) in [7, 11) is 0. The first-order valence-corrected chi connectivity index (χ1v) is 5.18. The molecule has 0 aromatic heterocycles. The molecule has 1 aromatic rings. The minimum atomic E-state index is -0.0283. The molecule has 1 rings (SSSR count). The van der Waals surface area contributed by atoms with Gasteiger partial charge in [-0.1, -0.05) is 36.8 Å². The Kier molecular flexibility index (Phi) is 4.22. The summed E-state index contributed by atoms with van der Waals surface area (Å²) in [6.07, 6.45) is 1.97. The average Bonchev–Trinajstić information content (AvgIpc) is 2.26. The zero-order valence-corrected chi connectivity index (χ0v) is 9.19. The van der Waals surface area contributed by atoms with E-state index in [1.807, 2.05) is 38.1 Å². The SMILES string of the molecule is Cc1ccc(C(=O)CC[C@@H](C)C=O)cc1. The second-order valence-corrected chi connectivity index (χ2v) is 3.94. The van der Waals surface area contributed by atoms with Crippen LogP contribution in [0.2, 0.25) is 0 Å². The van der Waals surface area contributed by atoms with Crippen molar-refractivity contribution in [2.75, 3.05) is 0 Å². The molecule has 0 heterocycles. The number of benzene rings is 1. The van der Waals surface area contributed by atoms with Crippen LogP contribution in [-0.2, 0) is 4.79 Å². The van der Waals surface area contributed by atoms with Gasteiger partial charge < -0.3 is 4.79 Å². The van der Waals surface area contributed by atoms with Crippen LogP contribution in [-0.4, -0.2) is 12.1 Å². The van der Waals surface area contributed by atoms with Crippen LogP contribution in [0, 0.1) is 12.8 Å². The Bertz CT molecular complexity index is 338. The number of Topliss-reactive ketones (excluding diaryl/α,β-unsaturated/α-hetero) is 1. The van der Waals surface area contributed by atoms with Gasteiger partial charge in [0.25, 0.3) is 0 Å². The number of ketones is 1. The molecule has 0 aliphatic heterocycles. The predicted octanol–water partition coefficient (Wildman–Crippen LogP) is 2.79. The molecule has 0 fully saturated rings. The van der Waals surface area contributed by atoms with Crippen molar-refractivity contribution in [1.82, 2.24) is 0 Å². The highest BCUT2D eigenvalue weighted by Gasteiger charge is 2.07. The number of hydrogen-bond donors (Lipinski definition) is 0. The van der Waals surface area contributed by atoms with Gasteiger partial charge in [-0.2, -0.15) is 0 Å². The molecule has 0 spiro atoms. The van der Waals surface area contributed by atoms with Gasteiger partial charge in [-0.3, -0.25) is 4.79 Å². The van der Waals surface area contributed by atoms with E-state index in [2.05, 4.69) is 0 Å². The van der Waals surface area contributed by atoms with Crippen molar-refractivity contribution in [3.05, 3.63) is 35.4 Å². The van der Waals surface area contributed by atoms with Crippen LogP contribution in [0.4, 0.5) is 0 Å². The Hall–Kier alpha value is -1.44. The normalized spacial score (nSPS) is 12.1. The number of carbonyl (C=O) groups excluding carboxylic acids is 2. The Balaban J connectivity index is 2.54. The summed E-state index contributed by atoms with van der Waals surface area (Å²) in [6.45, 7) is 3.82. The van der Waals surface area contributed by atoms with Gasteiger partial charge in [0.05, 0.1) is 0 Å². The summed E-state index contributed by atoms with van der Waals surface area (Å²) in [5, 5.41) is 0. The first-order chi connectivity index (χ1) is 7.13. The molecule has 0 aliphatic carbocycles. The van der Waals surface area contributed by atoms with Crippen molar-refractivity contribution in [2.45, 2.75) is 26.7 Å². The molecule has 0 radical (unpaired) electrons. The highest BCUT2D eigenvalue weighted by atomic mass is 16.1. The fourth-order valence-corrected chi connectivity index (χ4v) is 1.31. The first kappa shape index (κ1) is 11.6. The van der Waals surface area contributed by atoms with Crippen LogP contribution in [0.15, 0.2) is 24.3 Å². The van der Waals surface area contributed by atoms with Gasteiger partial charge in [-0.15, -0.1) is 0 Å². The molecular formula is C13H16O2. The molecule has 0 saturated carbocycles. The van der Waals surface area contributed by atoms with Crippen LogP contribution < -0.4 is 0 Å². The molecule has 0 bridgehead atoms. The number of carbonyl (C=O) groups is 2. The van der Waals surface area contributed by atoms with Crippen molar-refractivity contribution in [1.29, 1.82) is 0 Å². The molecule has 1 atom stereocenters. The van der Waals surface area contributed by atoms with Crippen molar-refractivity contribution in [2.24, 2.45) is 5.92 Å². The van der Waals surface area contributed by atoms with E-state index in [-0.39, 0.29) is 11.7 Å². The standard InChI is InChI=1S/C13H16O2/c1-10-3-6-12(7-4-10)13(15)8-5-11(2)9-14/h3-4,6-7,9,11H,5,8H2,1-2H3/t11-/m1/s1. The van der Waals surface area contributed by atoms with E-state index in [0.29, 0.717) is 12.8 Å². The fourth-order valence-electron chi connectivity index (χ4n) is 1.31. The smallest absolute Gasteiger partial charge is 0.162 e. The second kappa shape index (κ2) is 5.44. The van der Waals surface area contributed by atoms with E-state index in [4.69, 9.17) is 0 Å². The molecule has 80 valence electrons. The number of aryl methyl sites for hydroxylation is 1. The van der Waals surface area contributed by atoms with Gasteiger partial charge >= 0.3 is 0 Å². The van der Waals surface area contributed by atoms with Gasteiger partial charge in [0.2, 0.25) is 0 Å². The largest absolute Gasteiger partial charge is 0.303 e. The van der Waals surface area contributed by atoms with Crippen molar-refractivity contribution in [3.63, 3.8) is 0 Å². The van der Waals surface area contributed by atoms with Crippen LogP contribution in [0.1, 0.15) is 35.7 Å². The van der Waals surface area contributed by atoms with E-state index in [1.165, 1.54) is 0 Å². The van der Waals surface area contributed by atoms with Gasteiger partial charge in [0.15, 0.2) is 5.78 Å². The van der Waals surface area contributed by atoms with Crippen LogP contribution in [0.5, 0.6) is 0 Å². The maximum absolute atomic E-state index is 11.7. The highest BCUT2D eigenvalue weighted by molar-refractivity contribution is 5.96. The van der Waals surface area contributed by atoms with Gasteiger partial charge in [0.1, 0.15) is 6.29 Å². The zero-order valence-electron chi connectivity index (χ0n) is 9.19. The molecule has 0 saturated heterocycles. The van der Waals surface area contributed by atoms with Crippen molar-refractivity contribution < 1.29 is 9.59 Å². The number of hydrogen-bond acceptors (Lipinski definition) is 2. The maximum Gasteiger partial charge on any atom is 0.162 e. The Morgan fingerprint density at radius 1 is 1.33 bits per heavy atom. The molecule has 2 heteroatoms. The Morgan fingerprint density at radius 3 is 2.47 bits per heavy atom. The van der Waals surface area contributed by atoms with Crippen molar-refractivity contribution >= 4 is 12.1 Å². The zero-order chi connectivity index (χ0) is 11.3. The molecule has 0 aliphatic rings. The monoisotopic (exact) mass is 204 g/mol. The molecule has 0 amide bonds. The predicted molar refractivity (Wildman–Crippen MR) is 60.0 cm³/mol. The summed E-state index contributed by atoms with van der Waals surface area (Å²) in [6, 6.07) is 7.53. The average molecular weight is 204 g/mol. The molecule has 0 N–H and O–H groups in total. The molecule has 15 heavy (non-hydrogen) atoms. The molecule has 0 unspecified atom stereocenters. The maximum atomic E-state index is 11.7. The fraction of sp³-hybridized carbons (Fsp3) is 0.385. The van der Waals surface area contributed by atoms with Crippen molar-refractivity contribution in [3.8, 4) is 0 Å². The molecule has 2 nitrogen and oxygen atoms in total. The highest BCUT2D eigenvalue weighted by Crippen LogP contribution is 2.10. The topological polar surface area (TPSA) is 34.1 Å². The summed E-state index contributed by atoms with van der Waals surface area (Å²) >= 11 is 0. The lowest BCUT2D eigenvalue weighted by Crippen LogP contribution is -2.03. The molecular weight excluding hydrogens is 188 g/mol. The summed E-state index contributed by atoms with van der Waals surface area (Å²) < 4.78 is 0. The summed E-state index contributed by atoms with van der Waals surface area (Å²) in [5.41, 5.74) is 1.88.